The number of carbonyl (C=O) groups excluding carboxylic acids is 1. The van der Waals surface area contributed by atoms with E-state index in [0.29, 0.717) is 29.0 Å². The monoisotopic (exact) mass is 447 g/mol. The van der Waals surface area contributed by atoms with Gasteiger partial charge in [-0.1, -0.05) is 41.3 Å². The van der Waals surface area contributed by atoms with Crippen molar-refractivity contribution < 1.29 is 9.18 Å². The third-order valence-electron chi connectivity index (χ3n) is 3.74. The van der Waals surface area contributed by atoms with Gasteiger partial charge < -0.3 is 5.32 Å². The molecule has 0 spiro atoms. The molecule has 0 aliphatic rings. The number of nitrogens with one attached hydrogen (secondary N) is 1. The summed E-state index contributed by atoms with van der Waals surface area (Å²) < 4.78 is 14.7. The van der Waals surface area contributed by atoms with Crippen molar-refractivity contribution in [2.45, 2.75) is 24.0 Å². The zero-order valence-electron chi connectivity index (χ0n) is 14.9. The molecule has 3 aromatic heterocycles. The molecule has 0 radical (unpaired) electrons. The van der Waals surface area contributed by atoms with Crippen molar-refractivity contribution in [3.8, 4) is 0 Å². The van der Waals surface area contributed by atoms with E-state index >= 15 is 0 Å². The Morgan fingerprint density at radius 3 is 2.83 bits per heavy atom. The summed E-state index contributed by atoms with van der Waals surface area (Å²) >= 11 is 4.30. The molecule has 0 unspecified atom stereocenters. The van der Waals surface area contributed by atoms with E-state index in [4.69, 9.17) is 0 Å². The molecule has 8 nitrogen and oxygen atoms in total. The van der Waals surface area contributed by atoms with Gasteiger partial charge in [-0.25, -0.2) is 9.07 Å². The number of nitrogens with zero attached hydrogens (tertiary/aromatic N) is 6. The van der Waals surface area contributed by atoms with E-state index in [1.54, 1.807) is 28.2 Å². The molecule has 1 aromatic carbocycles. The average molecular weight is 448 g/mol. The minimum Gasteiger partial charge on any atom is -0.346 e. The van der Waals surface area contributed by atoms with Crippen molar-refractivity contribution >= 4 is 40.3 Å². The lowest BCUT2D eigenvalue weighted by Crippen LogP contribution is -2.22. The van der Waals surface area contributed by atoms with Gasteiger partial charge in [0.2, 0.25) is 10.2 Å². The zero-order chi connectivity index (χ0) is 20.1. The number of halogens is 1. The van der Waals surface area contributed by atoms with Gasteiger partial charge in [-0.15, -0.1) is 26.6 Å². The minimum absolute atomic E-state index is 0.279. The Kier molecular flexibility index (Phi) is 6.22. The van der Waals surface area contributed by atoms with Gasteiger partial charge in [0.25, 0.3) is 5.91 Å². The molecule has 0 atom stereocenters. The maximum absolute atomic E-state index is 12.9. The average Bonchev–Trinajstić information content (AvgIpc) is 3.48. The maximum atomic E-state index is 12.9. The highest BCUT2D eigenvalue weighted by Crippen LogP contribution is 2.23. The van der Waals surface area contributed by atoms with Crippen LogP contribution in [0.15, 0.2) is 46.9 Å². The van der Waals surface area contributed by atoms with Crippen LogP contribution in [0.5, 0.6) is 0 Å². The van der Waals surface area contributed by atoms with Crippen LogP contribution in [-0.4, -0.2) is 36.3 Å². The predicted molar refractivity (Wildman–Crippen MR) is 108 cm³/mol. The molecular formula is C17H14FN7OS3. The highest BCUT2D eigenvalue weighted by Gasteiger charge is 2.15. The van der Waals surface area contributed by atoms with E-state index in [1.807, 2.05) is 17.5 Å². The maximum Gasteiger partial charge on any atom is 0.282 e. The first kappa shape index (κ1) is 19.6. The first-order valence-corrected chi connectivity index (χ1v) is 11.1. The van der Waals surface area contributed by atoms with Gasteiger partial charge in [0, 0.05) is 11.4 Å². The fourth-order valence-electron chi connectivity index (χ4n) is 2.34. The van der Waals surface area contributed by atoms with Gasteiger partial charge >= 0.3 is 0 Å². The molecule has 3 heterocycles. The second-order valence-electron chi connectivity index (χ2n) is 5.80. The third kappa shape index (κ3) is 5.22. The zero-order valence-corrected chi connectivity index (χ0v) is 17.3. The Morgan fingerprint density at radius 2 is 2.03 bits per heavy atom. The van der Waals surface area contributed by atoms with Crippen LogP contribution in [0.25, 0.3) is 0 Å². The van der Waals surface area contributed by atoms with E-state index in [1.165, 1.54) is 35.2 Å². The topological polar surface area (TPSA) is 98.5 Å². The standard InChI is InChI=1S/C17H14FN7OS3/c18-12-5-3-11(4-6-12)8-19-15(26)16-21-20-14(29-16)10-28-17-22-23-24-25(17)9-13-2-1-7-27-13/h1-7H,8-10H2,(H,19,26). The third-order valence-corrected chi connectivity index (χ3v) is 6.67. The number of thiophene rings is 1. The van der Waals surface area contributed by atoms with Gasteiger partial charge in [-0.2, -0.15) is 0 Å². The molecular weight excluding hydrogens is 433 g/mol. The van der Waals surface area contributed by atoms with Crippen molar-refractivity contribution in [1.82, 2.24) is 35.7 Å². The number of benzene rings is 1. The molecule has 0 fully saturated rings. The fraction of sp³-hybridized carbons (Fsp3) is 0.176. The molecule has 0 aliphatic carbocycles. The number of hydrogen-bond acceptors (Lipinski definition) is 9. The van der Waals surface area contributed by atoms with Crippen LogP contribution in [-0.2, 0) is 18.8 Å². The largest absolute Gasteiger partial charge is 0.346 e. The molecule has 12 heteroatoms. The summed E-state index contributed by atoms with van der Waals surface area (Å²) in [5.74, 6) is -0.119. The SMILES string of the molecule is O=C(NCc1ccc(F)cc1)c1nnc(CSc2nnnn2Cc2cccs2)s1. The molecule has 1 N–H and O–H groups in total. The minimum atomic E-state index is -0.314. The van der Waals surface area contributed by atoms with E-state index in [2.05, 4.69) is 31.0 Å². The Labute approximate surface area is 177 Å². The molecule has 0 saturated heterocycles. The summed E-state index contributed by atoms with van der Waals surface area (Å²) in [7, 11) is 0. The normalized spacial score (nSPS) is 10.9. The Bertz CT molecular complexity index is 1080. The van der Waals surface area contributed by atoms with Crippen molar-refractivity contribution in [1.29, 1.82) is 0 Å². The van der Waals surface area contributed by atoms with E-state index < -0.39 is 0 Å². The first-order valence-electron chi connectivity index (χ1n) is 8.44. The number of hydrogen-bond donors (Lipinski definition) is 1. The lowest BCUT2D eigenvalue weighted by atomic mass is 10.2. The van der Waals surface area contributed by atoms with Gasteiger partial charge in [-0.3, -0.25) is 4.79 Å². The van der Waals surface area contributed by atoms with Crippen LogP contribution in [0.1, 0.15) is 25.3 Å². The van der Waals surface area contributed by atoms with Crippen molar-refractivity contribution in [3.05, 3.63) is 68.1 Å². The van der Waals surface area contributed by atoms with Crippen LogP contribution in [0.2, 0.25) is 0 Å². The van der Waals surface area contributed by atoms with Crippen LogP contribution in [0.3, 0.4) is 0 Å². The van der Waals surface area contributed by atoms with E-state index in [-0.39, 0.29) is 16.7 Å². The molecule has 0 saturated carbocycles. The number of carbonyl (C=O) groups is 1. The quantitative estimate of drug-likeness (QED) is 0.415. The van der Waals surface area contributed by atoms with Gasteiger partial charge in [0.15, 0.2) is 0 Å². The van der Waals surface area contributed by atoms with Crippen molar-refractivity contribution in [2.24, 2.45) is 0 Å². The molecule has 0 bridgehead atoms. The molecule has 148 valence electrons. The number of amides is 1. The summed E-state index contributed by atoms with van der Waals surface area (Å²) in [5, 5.41) is 26.2. The van der Waals surface area contributed by atoms with Gasteiger partial charge in [0.1, 0.15) is 10.8 Å². The Hall–Kier alpha value is -2.70. The van der Waals surface area contributed by atoms with E-state index in [9.17, 15) is 9.18 Å². The molecule has 4 rings (SSSR count). The molecule has 29 heavy (non-hydrogen) atoms. The van der Waals surface area contributed by atoms with Gasteiger partial charge in [-0.05, 0) is 39.6 Å². The number of aromatic nitrogens is 6. The van der Waals surface area contributed by atoms with Crippen LogP contribution in [0, 0.1) is 5.82 Å². The molecule has 1 amide bonds. The summed E-state index contributed by atoms with van der Waals surface area (Å²) in [6, 6.07) is 9.97. The van der Waals surface area contributed by atoms with Crippen LogP contribution >= 0.6 is 34.4 Å². The summed E-state index contributed by atoms with van der Waals surface area (Å²) in [6.45, 7) is 0.903. The van der Waals surface area contributed by atoms with E-state index in [0.717, 1.165) is 10.4 Å². The highest BCUT2D eigenvalue weighted by atomic mass is 32.2. The lowest BCUT2D eigenvalue weighted by molar-refractivity contribution is 0.0950. The lowest BCUT2D eigenvalue weighted by Gasteiger charge is -2.02. The number of rotatable bonds is 8. The molecule has 4 aromatic rings. The smallest absolute Gasteiger partial charge is 0.282 e. The summed E-state index contributed by atoms with van der Waals surface area (Å²) in [6.07, 6.45) is 0. The Balaban J connectivity index is 1.31. The fourth-order valence-corrected chi connectivity index (χ4v) is 4.64. The van der Waals surface area contributed by atoms with Crippen LogP contribution < -0.4 is 5.32 Å². The van der Waals surface area contributed by atoms with Crippen molar-refractivity contribution in [2.75, 3.05) is 0 Å². The van der Waals surface area contributed by atoms with Crippen molar-refractivity contribution in [3.63, 3.8) is 0 Å². The second-order valence-corrected chi connectivity index (χ2v) is 8.83. The van der Waals surface area contributed by atoms with Crippen LogP contribution in [0.4, 0.5) is 4.39 Å². The highest BCUT2D eigenvalue weighted by molar-refractivity contribution is 7.98. The Morgan fingerprint density at radius 1 is 1.17 bits per heavy atom. The number of thioether (sulfide) groups is 1. The van der Waals surface area contributed by atoms with Gasteiger partial charge in [0.05, 0.1) is 12.3 Å². The molecule has 0 aliphatic heterocycles. The summed E-state index contributed by atoms with van der Waals surface area (Å²) in [5.41, 5.74) is 0.803. The number of tetrazole rings is 1. The second kappa shape index (κ2) is 9.20. The first-order chi connectivity index (χ1) is 14.2. The summed E-state index contributed by atoms with van der Waals surface area (Å²) in [4.78, 5) is 13.4. The predicted octanol–water partition coefficient (Wildman–Crippen LogP) is 3.00.